The van der Waals surface area contributed by atoms with Crippen LogP contribution in [0.5, 0.6) is 0 Å². The Kier molecular flexibility index (Phi) is 4.85. The summed E-state index contributed by atoms with van der Waals surface area (Å²) in [5.41, 5.74) is 0. The van der Waals surface area contributed by atoms with Crippen LogP contribution in [-0.2, 0) is 10.0 Å². The van der Waals surface area contributed by atoms with Crippen LogP contribution in [0.15, 0.2) is 17.3 Å². The first kappa shape index (κ1) is 14.3. The molecule has 1 rings (SSSR count). The molecule has 1 aromatic rings. The van der Waals surface area contributed by atoms with E-state index in [1.807, 2.05) is 13.8 Å². The van der Waals surface area contributed by atoms with Gasteiger partial charge in [0.1, 0.15) is 4.90 Å². The monoisotopic (exact) mass is 277 g/mol. The van der Waals surface area contributed by atoms with Crippen LogP contribution in [0.3, 0.4) is 0 Å². The van der Waals surface area contributed by atoms with Crippen molar-refractivity contribution in [1.29, 1.82) is 0 Å². The summed E-state index contributed by atoms with van der Waals surface area (Å²) >= 11 is 5.53. The molecule has 0 atom stereocenters. The third-order valence-corrected chi connectivity index (χ3v) is 4.79. The summed E-state index contributed by atoms with van der Waals surface area (Å²) in [6.07, 6.45) is 3.98. The van der Waals surface area contributed by atoms with E-state index in [-0.39, 0.29) is 16.2 Å². The lowest BCUT2D eigenvalue weighted by atomic mass is 10.2. The second-order valence-electron chi connectivity index (χ2n) is 3.68. The molecule has 0 bridgehead atoms. The summed E-state index contributed by atoms with van der Waals surface area (Å²) < 4.78 is 25.8. The van der Waals surface area contributed by atoms with E-state index in [0.29, 0.717) is 0 Å². The van der Waals surface area contributed by atoms with E-state index in [4.69, 9.17) is 11.6 Å². The van der Waals surface area contributed by atoms with Crippen LogP contribution in [-0.4, -0.2) is 35.8 Å². The molecule has 0 aliphatic carbocycles. The fourth-order valence-electron chi connectivity index (χ4n) is 1.60. The van der Waals surface area contributed by atoms with E-state index >= 15 is 0 Å². The van der Waals surface area contributed by atoms with Crippen LogP contribution < -0.4 is 0 Å². The van der Waals surface area contributed by atoms with Gasteiger partial charge in [-0.2, -0.15) is 4.31 Å². The summed E-state index contributed by atoms with van der Waals surface area (Å²) in [5.74, 6) is 0. The number of hydrogen-bond acceptors (Lipinski definition) is 4. The highest BCUT2D eigenvalue weighted by Crippen LogP contribution is 2.18. The molecule has 0 amide bonds. The normalized spacial score (nSPS) is 12.4. The maximum atomic E-state index is 12.2. The number of hydrogen-bond donors (Lipinski definition) is 0. The smallest absolute Gasteiger partial charge is 0.225 e. The molecule has 0 aromatic carbocycles. The number of rotatable bonds is 5. The third kappa shape index (κ3) is 3.14. The Morgan fingerprint density at radius 3 is 2.18 bits per heavy atom. The van der Waals surface area contributed by atoms with E-state index < -0.39 is 10.0 Å². The Labute approximate surface area is 107 Å². The van der Waals surface area contributed by atoms with Gasteiger partial charge in [0.15, 0.2) is 0 Å². The van der Waals surface area contributed by atoms with Crippen LogP contribution in [0.4, 0.5) is 0 Å². The Bertz CT molecular complexity index is 457. The van der Waals surface area contributed by atoms with Gasteiger partial charge < -0.3 is 0 Å². The van der Waals surface area contributed by atoms with Crippen molar-refractivity contribution >= 4 is 21.6 Å². The molecule has 0 saturated carbocycles. The van der Waals surface area contributed by atoms with Crippen LogP contribution in [0.25, 0.3) is 0 Å². The highest BCUT2D eigenvalue weighted by molar-refractivity contribution is 7.89. The summed E-state index contributed by atoms with van der Waals surface area (Å²) in [7, 11) is -1.96. The molecule has 0 radical (unpaired) electrons. The van der Waals surface area contributed by atoms with Crippen molar-refractivity contribution in [3.8, 4) is 0 Å². The van der Waals surface area contributed by atoms with Gasteiger partial charge in [0.2, 0.25) is 15.3 Å². The Hall–Kier alpha value is -0.720. The van der Waals surface area contributed by atoms with Gasteiger partial charge in [-0.25, -0.2) is 18.4 Å². The molecule has 0 N–H and O–H groups in total. The summed E-state index contributed by atoms with van der Waals surface area (Å²) in [5, 5.41) is 0.0362. The fraction of sp³-hybridized carbons (Fsp3) is 0.600. The minimum Gasteiger partial charge on any atom is -0.225 e. The van der Waals surface area contributed by atoms with E-state index in [1.54, 1.807) is 7.05 Å². The first-order chi connectivity index (χ1) is 7.93. The summed E-state index contributed by atoms with van der Waals surface area (Å²) in [6.45, 7) is 3.91. The van der Waals surface area contributed by atoms with Crippen LogP contribution >= 0.6 is 11.6 Å². The van der Waals surface area contributed by atoms with E-state index in [2.05, 4.69) is 9.97 Å². The molecule has 0 aliphatic heterocycles. The minimum absolute atomic E-state index is 0.0179. The molecule has 5 nitrogen and oxygen atoms in total. The predicted molar refractivity (Wildman–Crippen MR) is 66.4 cm³/mol. The first-order valence-corrected chi connectivity index (χ1v) is 7.20. The van der Waals surface area contributed by atoms with Crippen LogP contribution in [0, 0.1) is 0 Å². The molecule has 0 spiro atoms. The fourth-order valence-corrected chi connectivity index (χ4v) is 3.09. The third-order valence-electron chi connectivity index (χ3n) is 2.73. The zero-order valence-corrected chi connectivity index (χ0v) is 11.7. The number of halogens is 1. The molecule has 0 unspecified atom stereocenters. The van der Waals surface area contributed by atoms with Crippen molar-refractivity contribution in [3.63, 3.8) is 0 Å². The minimum atomic E-state index is -3.53. The topological polar surface area (TPSA) is 63.2 Å². The van der Waals surface area contributed by atoms with Crippen molar-refractivity contribution in [1.82, 2.24) is 14.3 Å². The Balaban J connectivity index is 3.06. The quantitative estimate of drug-likeness (QED) is 0.772. The second kappa shape index (κ2) is 5.75. The van der Waals surface area contributed by atoms with Gasteiger partial charge in [-0.3, -0.25) is 0 Å². The van der Waals surface area contributed by atoms with Gasteiger partial charge in [0, 0.05) is 13.1 Å². The maximum Gasteiger partial charge on any atom is 0.246 e. The van der Waals surface area contributed by atoms with E-state index in [0.717, 1.165) is 12.8 Å². The lowest BCUT2D eigenvalue weighted by molar-refractivity contribution is 0.349. The molecule has 96 valence electrons. The highest BCUT2D eigenvalue weighted by atomic mass is 35.5. The molecule has 7 heteroatoms. The molecule has 1 heterocycles. The highest BCUT2D eigenvalue weighted by Gasteiger charge is 2.26. The summed E-state index contributed by atoms with van der Waals surface area (Å²) in [4.78, 5) is 7.44. The molecule has 17 heavy (non-hydrogen) atoms. The number of sulfonamides is 1. The summed E-state index contributed by atoms with van der Waals surface area (Å²) in [6, 6.07) is -0.0179. The van der Waals surface area contributed by atoms with Gasteiger partial charge in [-0.15, -0.1) is 0 Å². The van der Waals surface area contributed by atoms with Gasteiger partial charge >= 0.3 is 0 Å². The average Bonchev–Trinajstić information content (AvgIpc) is 2.31. The van der Waals surface area contributed by atoms with Crippen molar-refractivity contribution in [2.75, 3.05) is 7.05 Å². The zero-order chi connectivity index (χ0) is 13.1. The van der Waals surface area contributed by atoms with Gasteiger partial charge in [0.25, 0.3) is 0 Å². The molecular weight excluding hydrogens is 262 g/mol. The van der Waals surface area contributed by atoms with Crippen LogP contribution in [0.1, 0.15) is 26.7 Å². The van der Waals surface area contributed by atoms with Crippen molar-refractivity contribution in [3.05, 3.63) is 17.7 Å². The molecule has 0 fully saturated rings. The lowest BCUT2D eigenvalue weighted by Crippen LogP contribution is -2.36. The van der Waals surface area contributed by atoms with E-state index in [9.17, 15) is 8.42 Å². The van der Waals surface area contributed by atoms with Crippen molar-refractivity contribution < 1.29 is 8.42 Å². The van der Waals surface area contributed by atoms with Crippen molar-refractivity contribution in [2.24, 2.45) is 0 Å². The van der Waals surface area contributed by atoms with E-state index in [1.165, 1.54) is 16.7 Å². The van der Waals surface area contributed by atoms with Gasteiger partial charge in [0.05, 0.1) is 12.4 Å². The standard InChI is InChI=1S/C10H16ClN3O2S/c1-4-8(5-2)14(3)17(15,16)9-6-12-10(11)13-7-9/h6-8H,4-5H2,1-3H3. The van der Waals surface area contributed by atoms with Gasteiger partial charge in [-0.1, -0.05) is 13.8 Å². The van der Waals surface area contributed by atoms with Gasteiger partial charge in [-0.05, 0) is 24.4 Å². The lowest BCUT2D eigenvalue weighted by Gasteiger charge is -2.25. The molecule has 1 aromatic heterocycles. The second-order valence-corrected chi connectivity index (χ2v) is 6.01. The number of nitrogens with zero attached hydrogens (tertiary/aromatic N) is 3. The first-order valence-electron chi connectivity index (χ1n) is 5.39. The SMILES string of the molecule is CCC(CC)N(C)S(=O)(=O)c1cnc(Cl)nc1. The average molecular weight is 278 g/mol. The Morgan fingerprint density at radius 1 is 1.29 bits per heavy atom. The van der Waals surface area contributed by atoms with Crippen molar-refractivity contribution in [2.45, 2.75) is 37.6 Å². The molecule has 0 saturated heterocycles. The maximum absolute atomic E-state index is 12.2. The Morgan fingerprint density at radius 2 is 1.76 bits per heavy atom. The predicted octanol–water partition coefficient (Wildman–Crippen LogP) is 1.94. The number of aromatic nitrogens is 2. The molecule has 0 aliphatic rings. The van der Waals surface area contributed by atoms with Crippen LogP contribution in [0.2, 0.25) is 5.28 Å². The largest absolute Gasteiger partial charge is 0.246 e. The zero-order valence-electron chi connectivity index (χ0n) is 10.1. The molecular formula is C10H16ClN3O2S.